The van der Waals surface area contributed by atoms with Crippen molar-refractivity contribution in [1.29, 1.82) is 0 Å². The molecule has 0 radical (unpaired) electrons. The number of carbonyl (C=O) groups excluding carboxylic acids is 1. The number of aromatic nitrogens is 1. The molecule has 1 aliphatic heterocycles. The van der Waals surface area contributed by atoms with Crippen LogP contribution in [0.5, 0.6) is 5.75 Å². The standard InChI is InChI=1S/C25H24N4O4S/c1-33-20-6-3-17-4-7-21(14-19(17)13-20)34(31,32)28-23-10-11-29(25(23)30)15-16-2-8-22-18(12-16)5-9-24(26)27-22/h2-9,12-14,23,28H,10-11,15H2,1H3,(H2,26,27)/t23-/m0/s1. The molecule has 3 aromatic carbocycles. The molecule has 5 rings (SSSR count). The Bertz CT molecular complexity index is 1520. The van der Waals surface area contributed by atoms with E-state index in [1.807, 2.05) is 36.4 Å². The normalized spacial score (nSPS) is 16.4. The van der Waals surface area contributed by atoms with Gasteiger partial charge < -0.3 is 15.4 Å². The highest BCUT2D eigenvalue weighted by molar-refractivity contribution is 7.89. The average Bonchev–Trinajstić information content (AvgIpc) is 3.16. The molecule has 34 heavy (non-hydrogen) atoms. The lowest BCUT2D eigenvalue weighted by atomic mass is 10.1. The van der Waals surface area contributed by atoms with Crippen LogP contribution in [-0.2, 0) is 21.4 Å². The maximum atomic E-state index is 13.0. The summed E-state index contributed by atoms with van der Waals surface area (Å²) >= 11 is 0. The number of sulfonamides is 1. The predicted octanol–water partition coefficient (Wildman–Crippen LogP) is 3.06. The van der Waals surface area contributed by atoms with Crippen molar-refractivity contribution in [2.24, 2.45) is 0 Å². The van der Waals surface area contributed by atoms with E-state index >= 15 is 0 Å². The maximum absolute atomic E-state index is 13.0. The van der Waals surface area contributed by atoms with E-state index in [2.05, 4.69) is 9.71 Å². The quantitative estimate of drug-likeness (QED) is 0.442. The van der Waals surface area contributed by atoms with Crippen LogP contribution in [0, 0.1) is 0 Å². The summed E-state index contributed by atoms with van der Waals surface area (Å²) in [5.74, 6) is 0.863. The summed E-state index contributed by atoms with van der Waals surface area (Å²) in [6, 6.07) is 18.9. The lowest BCUT2D eigenvalue weighted by Crippen LogP contribution is -2.41. The number of fused-ring (bicyclic) bond motifs is 2. The van der Waals surface area contributed by atoms with E-state index in [-0.39, 0.29) is 10.8 Å². The number of ether oxygens (including phenoxy) is 1. The largest absolute Gasteiger partial charge is 0.497 e. The van der Waals surface area contributed by atoms with Crippen LogP contribution in [0.2, 0.25) is 0 Å². The molecule has 0 unspecified atom stereocenters. The van der Waals surface area contributed by atoms with Gasteiger partial charge in [-0.15, -0.1) is 0 Å². The van der Waals surface area contributed by atoms with Crippen LogP contribution in [0.4, 0.5) is 5.82 Å². The third kappa shape index (κ3) is 4.27. The Balaban J connectivity index is 1.31. The number of carbonyl (C=O) groups is 1. The van der Waals surface area contributed by atoms with Gasteiger partial charge >= 0.3 is 0 Å². The third-order valence-corrected chi connectivity index (χ3v) is 7.54. The fraction of sp³-hybridized carbons (Fsp3) is 0.200. The Morgan fingerprint density at radius 1 is 1.03 bits per heavy atom. The van der Waals surface area contributed by atoms with Crippen LogP contribution in [0.25, 0.3) is 21.7 Å². The van der Waals surface area contributed by atoms with E-state index in [1.165, 1.54) is 0 Å². The zero-order valence-electron chi connectivity index (χ0n) is 18.6. The molecule has 2 heterocycles. The summed E-state index contributed by atoms with van der Waals surface area (Å²) in [6.07, 6.45) is 0.408. The van der Waals surface area contributed by atoms with Crippen LogP contribution in [0.1, 0.15) is 12.0 Å². The fourth-order valence-corrected chi connectivity index (χ4v) is 5.53. The number of anilines is 1. The minimum absolute atomic E-state index is 0.112. The van der Waals surface area contributed by atoms with Crippen molar-refractivity contribution in [2.75, 3.05) is 19.4 Å². The van der Waals surface area contributed by atoms with Crippen LogP contribution in [0.15, 0.2) is 71.6 Å². The van der Waals surface area contributed by atoms with E-state index in [1.54, 1.807) is 42.3 Å². The van der Waals surface area contributed by atoms with E-state index in [0.717, 1.165) is 27.2 Å². The third-order valence-electron chi connectivity index (χ3n) is 6.07. The molecule has 1 saturated heterocycles. The first-order valence-corrected chi connectivity index (χ1v) is 12.3. The highest BCUT2D eigenvalue weighted by atomic mass is 32.2. The molecule has 1 atom stereocenters. The molecule has 9 heteroatoms. The van der Waals surface area contributed by atoms with Gasteiger partial charge in [0, 0.05) is 18.5 Å². The van der Waals surface area contributed by atoms with Crippen molar-refractivity contribution in [3.63, 3.8) is 0 Å². The topological polar surface area (TPSA) is 115 Å². The van der Waals surface area contributed by atoms with Gasteiger partial charge in [0.05, 0.1) is 17.5 Å². The predicted molar refractivity (Wildman–Crippen MR) is 131 cm³/mol. The van der Waals surface area contributed by atoms with E-state index in [4.69, 9.17) is 10.5 Å². The van der Waals surface area contributed by atoms with Crippen molar-refractivity contribution in [2.45, 2.75) is 23.9 Å². The van der Waals surface area contributed by atoms with Gasteiger partial charge in [0.1, 0.15) is 17.6 Å². The number of rotatable bonds is 6. The molecular formula is C25H24N4O4S. The van der Waals surface area contributed by atoms with Gasteiger partial charge in [0.15, 0.2) is 0 Å². The molecule has 1 aromatic heterocycles. The molecule has 0 bridgehead atoms. The lowest BCUT2D eigenvalue weighted by Gasteiger charge is -2.18. The molecule has 0 aliphatic carbocycles. The lowest BCUT2D eigenvalue weighted by molar-refractivity contribution is -0.129. The van der Waals surface area contributed by atoms with Gasteiger partial charge in [-0.3, -0.25) is 4.79 Å². The number of pyridine rings is 1. The van der Waals surface area contributed by atoms with Crippen molar-refractivity contribution in [1.82, 2.24) is 14.6 Å². The molecule has 4 aromatic rings. The summed E-state index contributed by atoms with van der Waals surface area (Å²) < 4.78 is 33.9. The monoisotopic (exact) mass is 476 g/mol. The average molecular weight is 477 g/mol. The smallest absolute Gasteiger partial charge is 0.241 e. The number of nitrogens with zero attached hydrogens (tertiary/aromatic N) is 2. The molecule has 0 saturated carbocycles. The van der Waals surface area contributed by atoms with Gasteiger partial charge in [-0.05, 0) is 71.3 Å². The van der Waals surface area contributed by atoms with E-state index in [0.29, 0.717) is 31.1 Å². The second kappa shape index (κ2) is 8.58. The Morgan fingerprint density at radius 2 is 1.82 bits per heavy atom. The molecule has 3 N–H and O–H groups in total. The number of nitrogens with two attached hydrogens (primary N) is 1. The van der Waals surface area contributed by atoms with E-state index < -0.39 is 16.1 Å². The second-order valence-corrected chi connectivity index (χ2v) is 10.1. The molecule has 1 fully saturated rings. The Labute approximate surface area is 197 Å². The van der Waals surface area contributed by atoms with Crippen molar-refractivity contribution in [3.8, 4) is 5.75 Å². The molecular weight excluding hydrogens is 452 g/mol. The fourth-order valence-electron chi connectivity index (χ4n) is 4.27. The molecule has 8 nitrogen and oxygen atoms in total. The van der Waals surface area contributed by atoms with Crippen molar-refractivity contribution in [3.05, 3.63) is 72.3 Å². The number of likely N-dealkylation sites (tertiary alicyclic amines) is 1. The number of benzene rings is 3. The first-order chi connectivity index (χ1) is 16.3. The zero-order valence-corrected chi connectivity index (χ0v) is 19.4. The van der Waals surface area contributed by atoms with Crippen LogP contribution in [0.3, 0.4) is 0 Å². The summed E-state index contributed by atoms with van der Waals surface area (Å²) in [7, 11) is -2.31. The zero-order chi connectivity index (χ0) is 23.9. The summed E-state index contributed by atoms with van der Waals surface area (Å²) in [5.41, 5.74) is 7.47. The Morgan fingerprint density at radius 3 is 2.65 bits per heavy atom. The van der Waals surface area contributed by atoms with Crippen molar-refractivity contribution >= 4 is 43.4 Å². The highest BCUT2D eigenvalue weighted by Crippen LogP contribution is 2.25. The molecule has 0 spiro atoms. The molecule has 174 valence electrons. The van der Waals surface area contributed by atoms with Gasteiger partial charge in [-0.25, -0.2) is 13.4 Å². The minimum Gasteiger partial charge on any atom is -0.497 e. The number of nitrogens with one attached hydrogen (secondary N) is 1. The number of hydrogen-bond acceptors (Lipinski definition) is 6. The number of nitrogen functional groups attached to an aromatic ring is 1. The second-order valence-electron chi connectivity index (χ2n) is 8.36. The summed E-state index contributed by atoms with van der Waals surface area (Å²) in [4.78, 5) is 19.0. The summed E-state index contributed by atoms with van der Waals surface area (Å²) in [5, 5.41) is 2.58. The van der Waals surface area contributed by atoms with Gasteiger partial charge in [-0.1, -0.05) is 18.2 Å². The Kier molecular flexibility index (Phi) is 5.59. The number of amides is 1. The first-order valence-electron chi connectivity index (χ1n) is 10.9. The van der Waals surface area contributed by atoms with Gasteiger partial charge in [0.25, 0.3) is 0 Å². The minimum atomic E-state index is -3.88. The van der Waals surface area contributed by atoms with Crippen LogP contribution in [-0.4, -0.2) is 43.9 Å². The van der Waals surface area contributed by atoms with Crippen LogP contribution >= 0.6 is 0 Å². The molecule has 1 aliphatic rings. The maximum Gasteiger partial charge on any atom is 0.241 e. The summed E-state index contributed by atoms with van der Waals surface area (Å²) in [6.45, 7) is 0.867. The number of hydrogen-bond donors (Lipinski definition) is 2. The van der Waals surface area contributed by atoms with Gasteiger partial charge in [-0.2, -0.15) is 4.72 Å². The van der Waals surface area contributed by atoms with Gasteiger partial charge in [0.2, 0.25) is 15.9 Å². The van der Waals surface area contributed by atoms with Crippen LogP contribution < -0.4 is 15.2 Å². The highest BCUT2D eigenvalue weighted by Gasteiger charge is 2.35. The Hall–Kier alpha value is -3.69. The molecule has 1 amide bonds. The SMILES string of the molecule is COc1ccc2ccc(S(=O)(=O)N[C@H]3CCN(Cc4ccc5nc(N)ccc5c4)C3=O)cc2c1. The first kappa shape index (κ1) is 22.1. The number of methoxy groups -OCH3 is 1. The van der Waals surface area contributed by atoms with E-state index in [9.17, 15) is 13.2 Å². The van der Waals surface area contributed by atoms with Crippen molar-refractivity contribution < 1.29 is 17.9 Å².